The molecule has 2 aliphatic heterocycles. The highest BCUT2D eigenvalue weighted by atomic mass is 16.5. The Labute approximate surface area is 218 Å². The van der Waals surface area contributed by atoms with Gasteiger partial charge in [-0.2, -0.15) is 0 Å². The molecule has 0 radical (unpaired) electrons. The van der Waals surface area contributed by atoms with Crippen molar-refractivity contribution in [2.45, 2.75) is 39.8 Å². The van der Waals surface area contributed by atoms with Crippen LogP contribution in [0.25, 0.3) is 0 Å². The molecule has 3 aliphatic rings. The van der Waals surface area contributed by atoms with Crippen molar-refractivity contribution in [2.24, 2.45) is 0 Å². The molecule has 6 heteroatoms. The molecule has 2 N–H and O–H groups in total. The van der Waals surface area contributed by atoms with Crippen molar-refractivity contribution in [3.8, 4) is 5.75 Å². The van der Waals surface area contributed by atoms with Crippen LogP contribution in [-0.4, -0.2) is 29.6 Å². The first-order valence-electron chi connectivity index (χ1n) is 12.4. The van der Waals surface area contributed by atoms with Gasteiger partial charge in [-0.3, -0.25) is 4.79 Å². The molecule has 0 bridgehead atoms. The van der Waals surface area contributed by atoms with Crippen LogP contribution in [0, 0.1) is 6.92 Å². The van der Waals surface area contributed by atoms with Crippen LogP contribution in [0.1, 0.15) is 54.3 Å². The first-order valence-corrected chi connectivity index (χ1v) is 12.4. The molecule has 2 aromatic rings. The van der Waals surface area contributed by atoms with Crippen LogP contribution in [0.2, 0.25) is 0 Å². The molecule has 0 fully saturated rings. The maximum absolute atomic E-state index is 13.2. The van der Waals surface area contributed by atoms with Gasteiger partial charge in [0.25, 0.3) is 5.91 Å². The number of methoxy groups -OCH3 is 1. The molecule has 6 nitrogen and oxygen atoms in total. The largest absolute Gasteiger partial charge is 0.507 e. The average Bonchev–Trinajstić information content (AvgIpc) is 3.06. The first kappa shape index (κ1) is 25.9. The molecular weight excluding hydrogens is 464 g/mol. The molecule has 37 heavy (non-hydrogen) atoms. The molecule has 1 unspecified atom stereocenters. The van der Waals surface area contributed by atoms with Crippen molar-refractivity contribution < 1.29 is 19.4 Å². The molecule has 0 spiro atoms. The van der Waals surface area contributed by atoms with Crippen LogP contribution < -0.4 is 10.1 Å². The fourth-order valence-electron chi connectivity index (χ4n) is 4.48. The number of aliphatic hydroxyl groups is 1. The standard InChI is InChI=1S/C22H22N2O3.C9H12O/c1-15-13-16(10-11-20(15)26-2)21-23-19-9-4-3-8-18(19)22(25)24(21)14-17-7-5-6-12-27-17;1-7-5-3-4-6-8(2)9(7)10/h3-4,6-13,21,23H,5,14H2,1-2H3;3,5-6,10H,4H2,1-2H3. The number of anilines is 1. The second-order valence-corrected chi connectivity index (χ2v) is 9.21. The Hall–Kier alpha value is -4.19. The summed E-state index contributed by atoms with van der Waals surface area (Å²) in [6.07, 6.45) is 13.1. The summed E-state index contributed by atoms with van der Waals surface area (Å²) < 4.78 is 11.0. The van der Waals surface area contributed by atoms with E-state index in [-0.39, 0.29) is 12.1 Å². The lowest BCUT2D eigenvalue weighted by Crippen LogP contribution is -2.44. The zero-order valence-electron chi connectivity index (χ0n) is 21.8. The number of allylic oxidation sites excluding steroid dienone is 7. The van der Waals surface area contributed by atoms with Crippen molar-refractivity contribution in [2.75, 3.05) is 19.0 Å². The van der Waals surface area contributed by atoms with Gasteiger partial charge in [0.05, 0.1) is 25.5 Å². The van der Waals surface area contributed by atoms with E-state index in [0.717, 1.165) is 52.3 Å². The number of carbonyl (C=O) groups excluding carboxylic acids is 1. The first-order chi connectivity index (χ1) is 17.9. The third kappa shape index (κ3) is 5.97. The lowest BCUT2D eigenvalue weighted by atomic mass is 10.0. The van der Waals surface area contributed by atoms with E-state index < -0.39 is 0 Å². The fourth-order valence-corrected chi connectivity index (χ4v) is 4.48. The van der Waals surface area contributed by atoms with Crippen LogP contribution in [0.15, 0.2) is 102 Å². The molecule has 0 saturated carbocycles. The average molecular weight is 499 g/mol. The lowest BCUT2D eigenvalue weighted by Gasteiger charge is -2.38. The summed E-state index contributed by atoms with van der Waals surface area (Å²) in [4.78, 5) is 15.1. The number of aryl methyl sites for hydroxylation is 1. The van der Waals surface area contributed by atoms with Gasteiger partial charge in [0, 0.05) is 5.69 Å². The third-order valence-corrected chi connectivity index (χ3v) is 6.56. The summed E-state index contributed by atoms with van der Waals surface area (Å²) in [5.74, 6) is 2.02. The van der Waals surface area contributed by atoms with Gasteiger partial charge in [0.1, 0.15) is 23.4 Å². The summed E-state index contributed by atoms with van der Waals surface area (Å²) >= 11 is 0. The quantitative estimate of drug-likeness (QED) is 0.470. The predicted octanol–water partition coefficient (Wildman–Crippen LogP) is 7.11. The molecular formula is C31H34N2O4. The number of para-hydroxylation sites is 1. The van der Waals surface area contributed by atoms with Gasteiger partial charge in [-0.25, -0.2) is 0 Å². The number of ether oxygens (including phenoxy) is 2. The molecule has 0 saturated heterocycles. The zero-order valence-corrected chi connectivity index (χ0v) is 21.8. The Balaban J connectivity index is 0.000000270. The summed E-state index contributed by atoms with van der Waals surface area (Å²) in [5.41, 5.74) is 5.47. The number of hydrogen-bond donors (Lipinski definition) is 2. The maximum atomic E-state index is 13.2. The highest BCUT2D eigenvalue weighted by Gasteiger charge is 2.33. The SMILES string of the molecule is CC1=CCC=CC(C)=C1O.COc1ccc(C2Nc3ccccc3C(=O)N2CC2=CCC=CO2)cc1C. The Morgan fingerprint density at radius 1 is 1.08 bits per heavy atom. The molecule has 192 valence electrons. The summed E-state index contributed by atoms with van der Waals surface area (Å²) in [6, 6.07) is 13.6. The van der Waals surface area contributed by atoms with Crippen LogP contribution >= 0.6 is 0 Å². The van der Waals surface area contributed by atoms with Gasteiger partial charge in [0.2, 0.25) is 0 Å². The van der Waals surface area contributed by atoms with Crippen molar-refractivity contribution in [3.63, 3.8) is 0 Å². The number of rotatable bonds is 4. The Bertz CT molecular complexity index is 1320. The molecule has 2 heterocycles. The van der Waals surface area contributed by atoms with E-state index >= 15 is 0 Å². The number of hydrogen-bond acceptors (Lipinski definition) is 5. The van der Waals surface area contributed by atoms with Crippen molar-refractivity contribution in [3.05, 3.63) is 118 Å². The van der Waals surface area contributed by atoms with E-state index in [1.165, 1.54) is 0 Å². The van der Waals surface area contributed by atoms with E-state index in [2.05, 4.69) is 11.4 Å². The second kappa shape index (κ2) is 11.7. The molecule has 1 amide bonds. The monoisotopic (exact) mass is 498 g/mol. The number of nitrogens with zero attached hydrogens (tertiary/aromatic N) is 1. The van der Waals surface area contributed by atoms with Crippen LogP contribution in [-0.2, 0) is 4.74 Å². The Morgan fingerprint density at radius 2 is 1.86 bits per heavy atom. The highest BCUT2D eigenvalue weighted by molar-refractivity contribution is 6.01. The number of carbonyl (C=O) groups is 1. The van der Waals surface area contributed by atoms with E-state index in [9.17, 15) is 9.90 Å². The third-order valence-electron chi connectivity index (χ3n) is 6.56. The smallest absolute Gasteiger partial charge is 0.258 e. The molecule has 2 aromatic carbocycles. The van der Waals surface area contributed by atoms with Gasteiger partial charge < -0.3 is 24.8 Å². The topological polar surface area (TPSA) is 71.0 Å². The number of amides is 1. The molecule has 5 rings (SSSR count). The molecule has 1 aliphatic carbocycles. The van der Waals surface area contributed by atoms with Gasteiger partial charge in [-0.15, -0.1) is 0 Å². The summed E-state index contributed by atoms with van der Waals surface area (Å²) in [5, 5.41) is 12.9. The lowest BCUT2D eigenvalue weighted by molar-refractivity contribution is 0.0675. The van der Waals surface area contributed by atoms with E-state index in [1.54, 1.807) is 13.4 Å². The van der Waals surface area contributed by atoms with Gasteiger partial charge in [0.15, 0.2) is 0 Å². The number of fused-ring (bicyclic) bond motifs is 1. The Kier molecular flexibility index (Phi) is 8.18. The van der Waals surface area contributed by atoms with Crippen LogP contribution in [0.3, 0.4) is 0 Å². The van der Waals surface area contributed by atoms with Crippen molar-refractivity contribution in [1.82, 2.24) is 4.90 Å². The maximum Gasteiger partial charge on any atom is 0.258 e. The Morgan fingerprint density at radius 3 is 2.59 bits per heavy atom. The van der Waals surface area contributed by atoms with E-state index in [4.69, 9.17) is 9.47 Å². The fraction of sp³-hybridized carbons (Fsp3) is 0.258. The van der Waals surface area contributed by atoms with Gasteiger partial charge >= 0.3 is 0 Å². The van der Waals surface area contributed by atoms with Gasteiger partial charge in [-0.1, -0.05) is 36.4 Å². The minimum Gasteiger partial charge on any atom is -0.507 e. The molecule has 0 aromatic heterocycles. The van der Waals surface area contributed by atoms with E-state index in [1.807, 2.05) is 92.4 Å². The zero-order chi connectivity index (χ0) is 26.4. The van der Waals surface area contributed by atoms with Crippen molar-refractivity contribution >= 4 is 11.6 Å². The highest BCUT2D eigenvalue weighted by Crippen LogP contribution is 2.35. The number of nitrogens with one attached hydrogen (secondary N) is 1. The van der Waals surface area contributed by atoms with Crippen LogP contribution in [0.4, 0.5) is 5.69 Å². The molecule has 1 atom stereocenters. The van der Waals surface area contributed by atoms with Crippen molar-refractivity contribution in [1.29, 1.82) is 0 Å². The minimum absolute atomic E-state index is 0.0122. The normalized spacial score (nSPS) is 18.4. The summed E-state index contributed by atoms with van der Waals surface area (Å²) in [7, 11) is 1.66. The minimum atomic E-state index is -0.285. The second-order valence-electron chi connectivity index (χ2n) is 9.21. The number of aliphatic hydroxyl groups excluding tert-OH is 1. The predicted molar refractivity (Wildman–Crippen MR) is 147 cm³/mol. The number of benzene rings is 2. The van der Waals surface area contributed by atoms with E-state index in [0.29, 0.717) is 17.9 Å². The van der Waals surface area contributed by atoms with Crippen LogP contribution in [0.5, 0.6) is 5.75 Å². The van der Waals surface area contributed by atoms with Gasteiger partial charge in [-0.05, 0) is 92.3 Å². The summed E-state index contributed by atoms with van der Waals surface area (Å²) in [6.45, 7) is 6.24.